The summed E-state index contributed by atoms with van der Waals surface area (Å²) in [4.78, 5) is 49.6. The Balaban J connectivity index is 3.14. The predicted molar refractivity (Wildman–Crippen MR) is 130 cm³/mol. The summed E-state index contributed by atoms with van der Waals surface area (Å²) in [5.74, 6) is -3.45. The highest BCUT2D eigenvalue weighted by atomic mass is 32.1. The normalized spacial score (nSPS) is 15.4. The molecule has 0 aliphatic carbocycles. The van der Waals surface area contributed by atoms with E-state index in [1.165, 1.54) is 12.1 Å². The standard InChI is InChI=1S/C21H32N4O6S2/c1-3-11(2)17(25-18(27)14(22)9-32)20(29)23-15(8-12-4-6-13(26)7-5-12)19(28)24-16(10-33)21(30)31/h4-7,11,14-17,26,32-33H,3,8-10,22H2,1-2H3,(H,23,29)(H,24,28)(H,25,27)(H,30,31). The molecule has 0 saturated carbocycles. The highest BCUT2D eigenvalue weighted by Crippen LogP contribution is 2.13. The Morgan fingerprint density at radius 2 is 1.52 bits per heavy atom. The molecular weight excluding hydrogens is 468 g/mol. The average Bonchev–Trinajstić information content (AvgIpc) is 2.79. The molecule has 7 N–H and O–H groups in total. The van der Waals surface area contributed by atoms with Crippen LogP contribution in [0.2, 0.25) is 0 Å². The number of benzene rings is 1. The van der Waals surface area contributed by atoms with E-state index >= 15 is 0 Å². The van der Waals surface area contributed by atoms with Crippen molar-refractivity contribution >= 4 is 48.9 Å². The van der Waals surface area contributed by atoms with E-state index in [-0.39, 0.29) is 29.6 Å². The molecule has 0 fully saturated rings. The Morgan fingerprint density at radius 1 is 0.939 bits per heavy atom. The third-order valence-electron chi connectivity index (χ3n) is 5.13. The number of hydrogen-bond acceptors (Lipinski definition) is 8. The van der Waals surface area contributed by atoms with Gasteiger partial charge in [0, 0.05) is 17.9 Å². The van der Waals surface area contributed by atoms with E-state index < -0.39 is 47.9 Å². The molecule has 0 saturated heterocycles. The molecule has 10 nitrogen and oxygen atoms in total. The van der Waals surface area contributed by atoms with Crippen molar-refractivity contribution in [2.75, 3.05) is 11.5 Å². The van der Waals surface area contributed by atoms with Gasteiger partial charge in [-0.2, -0.15) is 25.3 Å². The van der Waals surface area contributed by atoms with Crippen LogP contribution in [0.1, 0.15) is 25.8 Å². The lowest BCUT2D eigenvalue weighted by atomic mass is 9.96. The van der Waals surface area contributed by atoms with Crippen molar-refractivity contribution < 1.29 is 29.4 Å². The van der Waals surface area contributed by atoms with Gasteiger partial charge in [-0.05, 0) is 23.6 Å². The molecule has 1 aromatic carbocycles. The average molecular weight is 501 g/mol. The molecule has 1 rings (SSSR count). The molecule has 33 heavy (non-hydrogen) atoms. The maximum Gasteiger partial charge on any atom is 0.327 e. The molecule has 0 radical (unpaired) electrons. The van der Waals surface area contributed by atoms with Crippen molar-refractivity contribution in [3.8, 4) is 5.75 Å². The third kappa shape index (κ3) is 9.14. The number of carboxylic acid groups (broad SMARTS) is 1. The van der Waals surface area contributed by atoms with Crippen LogP contribution in [0.4, 0.5) is 0 Å². The number of hydrogen-bond donors (Lipinski definition) is 8. The molecule has 5 atom stereocenters. The number of aliphatic carboxylic acids is 1. The van der Waals surface area contributed by atoms with Crippen LogP contribution in [-0.4, -0.2) is 69.6 Å². The molecular formula is C21H32N4O6S2. The lowest BCUT2D eigenvalue weighted by Crippen LogP contribution is -2.59. The molecule has 0 heterocycles. The molecule has 0 aliphatic rings. The van der Waals surface area contributed by atoms with E-state index in [0.29, 0.717) is 12.0 Å². The second kappa shape index (κ2) is 14.0. The zero-order valence-electron chi connectivity index (χ0n) is 18.5. The first-order valence-electron chi connectivity index (χ1n) is 10.4. The lowest BCUT2D eigenvalue weighted by molar-refractivity contribution is -0.141. The van der Waals surface area contributed by atoms with Crippen molar-refractivity contribution in [2.45, 2.75) is 50.9 Å². The van der Waals surface area contributed by atoms with Crippen LogP contribution in [-0.2, 0) is 25.6 Å². The number of amides is 3. The van der Waals surface area contributed by atoms with Crippen LogP contribution in [0.5, 0.6) is 5.75 Å². The summed E-state index contributed by atoms with van der Waals surface area (Å²) >= 11 is 7.94. The van der Waals surface area contributed by atoms with E-state index in [2.05, 4.69) is 41.2 Å². The monoisotopic (exact) mass is 500 g/mol. The van der Waals surface area contributed by atoms with Gasteiger partial charge in [-0.25, -0.2) is 4.79 Å². The highest BCUT2D eigenvalue weighted by Gasteiger charge is 2.32. The molecule has 0 spiro atoms. The maximum absolute atomic E-state index is 13.1. The molecule has 0 aliphatic heterocycles. The molecule has 5 unspecified atom stereocenters. The van der Waals surface area contributed by atoms with Crippen molar-refractivity contribution in [3.05, 3.63) is 29.8 Å². The minimum atomic E-state index is -1.27. The number of phenols is 1. The molecule has 184 valence electrons. The van der Waals surface area contributed by atoms with Crippen molar-refractivity contribution in [3.63, 3.8) is 0 Å². The fourth-order valence-corrected chi connectivity index (χ4v) is 3.25. The van der Waals surface area contributed by atoms with Crippen LogP contribution in [0, 0.1) is 5.92 Å². The summed E-state index contributed by atoms with van der Waals surface area (Å²) in [5, 5.41) is 26.3. The van der Waals surface area contributed by atoms with Crippen LogP contribution < -0.4 is 21.7 Å². The highest BCUT2D eigenvalue weighted by molar-refractivity contribution is 7.80. The largest absolute Gasteiger partial charge is 0.508 e. The van der Waals surface area contributed by atoms with Gasteiger partial charge in [0.05, 0.1) is 6.04 Å². The van der Waals surface area contributed by atoms with Crippen LogP contribution in [0.25, 0.3) is 0 Å². The third-order valence-corrected chi connectivity index (χ3v) is 5.89. The van der Waals surface area contributed by atoms with Crippen molar-refractivity contribution in [1.82, 2.24) is 16.0 Å². The fourth-order valence-electron chi connectivity index (χ4n) is 2.84. The Morgan fingerprint density at radius 3 is 2.00 bits per heavy atom. The van der Waals surface area contributed by atoms with Crippen LogP contribution in [0.15, 0.2) is 24.3 Å². The molecule has 1 aromatic rings. The first-order valence-corrected chi connectivity index (χ1v) is 11.7. The number of rotatable bonds is 13. The van der Waals surface area contributed by atoms with Gasteiger partial charge in [-0.3, -0.25) is 14.4 Å². The van der Waals surface area contributed by atoms with Crippen molar-refractivity contribution in [2.24, 2.45) is 11.7 Å². The maximum atomic E-state index is 13.1. The Labute approximate surface area is 203 Å². The second-order valence-electron chi connectivity index (χ2n) is 7.67. The van der Waals surface area contributed by atoms with E-state index in [0.717, 1.165) is 0 Å². The zero-order chi connectivity index (χ0) is 25.1. The first kappa shape index (κ1) is 28.6. The smallest absolute Gasteiger partial charge is 0.327 e. The minimum absolute atomic E-state index is 0.0219. The van der Waals surface area contributed by atoms with Crippen LogP contribution in [0.3, 0.4) is 0 Å². The van der Waals surface area contributed by atoms with E-state index in [1.54, 1.807) is 19.1 Å². The van der Waals surface area contributed by atoms with Gasteiger partial charge < -0.3 is 31.9 Å². The van der Waals surface area contributed by atoms with Crippen molar-refractivity contribution in [1.29, 1.82) is 0 Å². The van der Waals surface area contributed by atoms with Crippen LogP contribution >= 0.6 is 25.3 Å². The Bertz CT molecular complexity index is 823. The number of aromatic hydroxyl groups is 1. The van der Waals surface area contributed by atoms with E-state index in [9.17, 15) is 29.4 Å². The summed E-state index contributed by atoms with van der Waals surface area (Å²) in [6, 6.07) is 1.74. The summed E-state index contributed by atoms with van der Waals surface area (Å²) < 4.78 is 0. The number of nitrogens with one attached hydrogen (secondary N) is 3. The number of carbonyl (C=O) groups is 4. The van der Waals surface area contributed by atoms with Gasteiger partial charge in [-0.15, -0.1) is 0 Å². The lowest BCUT2D eigenvalue weighted by Gasteiger charge is -2.27. The molecule has 3 amide bonds. The fraction of sp³-hybridized carbons (Fsp3) is 0.524. The summed E-state index contributed by atoms with van der Waals surface area (Å²) in [6.07, 6.45) is 0.581. The summed E-state index contributed by atoms with van der Waals surface area (Å²) in [5.41, 5.74) is 6.32. The van der Waals surface area contributed by atoms with Gasteiger partial charge in [0.1, 0.15) is 23.9 Å². The van der Waals surface area contributed by atoms with Gasteiger partial charge in [0.2, 0.25) is 17.7 Å². The first-order chi connectivity index (χ1) is 15.5. The Hall–Kier alpha value is -2.44. The quantitative estimate of drug-likeness (QED) is 0.172. The zero-order valence-corrected chi connectivity index (χ0v) is 20.3. The van der Waals surface area contributed by atoms with Gasteiger partial charge in [0.15, 0.2) is 0 Å². The SMILES string of the molecule is CCC(C)C(NC(=O)C(N)CS)C(=O)NC(Cc1ccc(O)cc1)C(=O)NC(CS)C(=O)O. The predicted octanol–water partition coefficient (Wildman–Crippen LogP) is -0.293. The van der Waals surface area contributed by atoms with Gasteiger partial charge >= 0.3 is 5.97 Å². The number of carboxylic acids is 1. The molecule has 0 bridgehead atoms. The topological polar surface area (TPSA) is 171 Å². The molecule has 12 heteroatoms. The number of thiol groups is 2. The second-order valence-corrected chi connectivity index (χ2v) is 8.40. The summed E-state index contributed by atoms with van der Waals surface area (Å²) in [7, 11) is 0. The summed E-state index contributed by atoms with van der Waals surface area (Å²) in [6.45, 7) is 3.62. The van der Waals surface area contributed by atoms with Gasteiger partial charge in [-0.1, -0.05) is 32.4 Å². The Kier molecular flexibility index (Phi) is 12.1. The van der Waals surface area contributed by atoms with Gasteiger partial charge in [0.25, 0.3) is 0 Å². The van der Waals surface area contributed by atoms with E-state index in [4.69, 9.17) is 5.73 Å². The number of carbonyl (C=O) groups excluding carboxylic acids is 3. The van der Waals surface area contributed by atoms with E-state index in [1.807, 2.05) is 6.92 Å². The molecule has 0 aromatic heterocycles. The number of nitrogens with two attached hydrogens (primary N) is 1. The minimum Gasteiger partial charge on any atom is -0.508 e. The number of phenolic OH excluding ortho intramolecular Hbond substituents is 1.